The van der Waals surface area contributed by atoms with Gasteiger partial charge in [0.2, 0.25) is 15.9 Å². The summed E-state index contributed by atoms with van der Waals surface area (Å²) in [6, 6.07) is 13.6. The number of amides is 2. The van der Waals surface area contributed by atoms with Crippen molar-refractivity contribution < 1.29 is 18.0 Å². The summed E-state index contributed by atoms with van der Waals surface area (Å²) in [5.74, 6) is -0.425. The highest BCUT2D eigenvalue weighted by molar-refractivity contribution is 7.89. The molecular weight excluding hydrogens is 414 g/mol. The average Bonchev–Trinajstić information content (AvgIpc) is 3.04. The van der Waals surface area contributed by atoms with Crippen LogP contribution in [0.4, 0.5) is 5.69 Å². The minimum absolute atomic E-state index is 0.195. The Hall–Kier alpha value is -2.71. The Bertz CT molecular complexity index is 1010. The molecule has 1 fully saturated rings. The maximum absolute atomic E-state index is 12.8. The van der Waals surface area contributed by atoms with E-state index < -0.39 is 10.0 Å². The van der Waals surface area contributed by atoms with Crippen molar-refractivity contribution in [3.63, 3.8) is 0 Å². The fraction of sp³-hybridized carbons (Fsp3) is 0.391. The summed E-state index contributed by atoms with van der Waals surface area (Å²) in [7, 11) is -3.45. The van der Waals surface area contributed by atoms with Crippen LogP contribution in [-0.2, 0) is 21.2 Å². The summed E-state index contributed by atoms with van der Waals surface area (Å²) in [6.07, 6.45) is 4.55. The van der Waals surface area contributed by atoms with Gasteiger partial charge in [-0.25, -0.2) is 8.42 Å². The minimum Gasteiger partial charge on any atom is -0.352 e. The van der Waals surface area contributed by atoms with Crippen LogP contribution in [0, 0.1) is 0 Å². The second-order valence-electron chi connectivity index (χ2n) is 7.73. The van der Waals surface area contributed by atoms with Gasteiger partial charge in [0, 0.05) is 37.8 Å². The number of anilines is 1. The molecule has 1 aliphatic heterocycles. The quantitative estimate of drug-likeness (QED) is 0.687. The molecule has 2 aromatic rings. The largest absolute Gasteiger partial charge is 0.352 e. The van der Waals surface area contributed by atoms with Crippen molar-refractivity contribution in [1.82, 2.24) is 9.62 Å². The van der Waals surface area contributed by atoms with E-state index in [1.54, 1.807) is 52.8 Å². The highest BCUT2D eigenvalue weighted by atomic mass is 32.2. The SMILES string of the molecule is CC(=O)Nc1cccc(C(=O)NCCc2ccc(S(=O)(=O)N3CCCCCC3)cc2)c1. The third-order valence-electron chi connectivity index (χ3n) is 5.27. The number of sulfonamides is 1. The molecule has 1 aliphatic rings. The van der Waals surface area contributed by atoms with Gasteiger partial charge in [-0.05, 0) is 55.2 Å². The van der Waals surface area contributed by atoms with Gasteiger partial charge in [0.25, 0.3) is 5.91 Å². The average molecular weight is 444 g/mol. The highest BCUT2D eigenvalue weighted by Crippen LogP contribution is 2.20. The van der Waals surface area contributed by atoms with Gasteiger partial charge < -0.3 is 10.6 Å². The number of carbonyl (C=O) groups excluding carboxylic acids is 2. The Morgan fingerprint density at radius 1 is 0.968 bits per heavy atom. The first-order valence-electron chi connectivity index (χ1n) is 10.6. The molecule has 7 nitrogen and oxygen atoms in total. The molecule has 0 radical (unpaired) electrons. The molecule has 0 aliphatic carbocycles. The lowest BCUT2D eigenvalue weighted by atomic mass is 10.1. The number of benzene rings is 2. The van der Waals surface area contributed by atoms with Crippen LogP contribution in [-0.4, -0.2) is 44.2 Å². The van der Waals surface area contributed by atoms with Crippen LogP contribution in [0.3, 0.4) is 0 Å². The molecule has 2 aromatic carbocycles. The molecule has 2 N–H and O–H groups in total. The van der Waals surface area contributed by atoms with Gasteiger partial charge >= 0.3 is 0 Å². The van der Waals surface area contributed by atoms with E-state index >= 15 is 0 Å². The van der Waals surface area contributed by atoms with E-state index in [4.69, 9.17) is 0 Å². The standard InChI is InChI=1S/C23H29N3O4S/c1-18(27)25-21-8-6-7-20(17-21)23(28)24-14-13-19-9-11-22(12-10-19)31(29,30)26-15-4-2-3-5-16-26/h6-12,17H,2-5,13-16H2,1H3,(H,24,28)(H,25,27). The predicted octanol–water partition coefficient (Wildman–Crippen LogP) is 3.18. The van der Waals surface area contributed by atoms with Crippen molar-refractivity contribution in [3.05, 3.63) is 59.7 Å². The highest BCUT2D eigenvalue weighted by Gasteiger charge is 2.24. The van der Waals surface area contributed by atoms with E-state index in [2.05, 4.69) is 10.6 Å². The minimum atomic E-state index is -3.45. The summed E-state index contributed by atoms with van der Waals surface area (Å²) < 4.78 is 27.3. The van der Waals surface area contributed by atoms with Crippen LogP contribution in [0.15, 0.2) is 53.4 Å². The number of hydrogen-bond acceptors (Lipinski definition) is 4. The molecule has 0 bridgehead atoms. The topological polar surface area (TPSA) is 95.6 Å². The molecule has 166 valence electrons. The van der Waals surface area contributed by atoms with Crippen LogP contribution in [0.2, 0.25) is 0 Å². The van der Waals surface area contributed by atoms with Crippen LogP contribution in [0.25, 0.3) is 0 Å². The van der Waals surface area contributed by atoms with E-state index in [0.717, 1.165) is 31.2 Å². The van der Waals surface area contributed by atoms with Crippen molar-refractivity contribution in [2.45, 2.75) is 43.9 Å². The van der Waals surface area contributed by atoms with Gasteiger partial charge in [-0.2, -0.15) is 4.31 Å². The fourth-order valence-corrected chi connectivity index (χ4v) is 5.14. The number of carbonyl (C=O) groups is 2. The summed E-state index contributed by atoms with van der Waals surface area (Å²) in [5.41, 5.74) is 1.98. The molecule has 0 unspecified atom stereocenters. The van der Waals surface area contributed by atoms with Crippen molar-refractivity contribution in [2.24, 2.45) is 0 Å². The molecule has 3 rings (SSSR count). The van der Waals surface area contributed by atoms with Crippen molar-refractivity contribution >= 4 is 27.5 Å². The zero-order chi connectivity index (χ0) is 22.3. The van der Waals surface area contributed by atoms with Crippen LogP contribution in [0.5, 0.6) is 0 Å². The molecule has 1 saturated heterocycles. The predicted molar refractivity (Wildman–Crippen MR) is 120 cm³/mol. The maximum Gasteiger partial charge on any atom is 0.251 e. The third-order valence-corrected chi connectivity index (χ3v) is 7.18. The molecule has 0 atom stereocenters. The Balaban J connectivity index is 1.54. The second kappa shape index (κ2) is 10.5. The Labute approximate surface area is 183 Å². The molecular formula is C23H29N3O4S. The lowest BCUT2D eigenvalue weighted by Crippen LogP contribution is -2.31. The zero-order valence-corrected chi connectivity index (χ0v) is 18.6. The van der Waals surface area contributed by atoms with Gasteiger partial charge in [-0.15, -0.1) is 0 Å². The van der Waals surface area contributed by atoms with E-state index in [0.29, 0.717) is 42.2 Å². The van der Waals surface area contributed by atoms with Crippen molar-refractivity contribution in [3.8, 4) is 0 Å². The first-order valence-corrected chi connectivity index (χ1v) is 12.1. The van der Waals surface area contributed by atoms with Crippen LogP contribution < -0.4 is 10.6 Å². The molecule has 8 heteroatoms. The molecule has 0 spiro atoms. The Morgan fingerprint density at radius 2 is 1.65 bits per heavy atom. The van der Waals surface area contributed by atoms with Gasteiger partial charge in [-0.1, -0.05) is 31.0 Å². The van der Waals surface area contributed by atoms with Crippen molar-refractivity contribution in [2.75, 3.05) is 25.0 Å². The Morgan fingerprint density at radius 3 is 2.29 bits per heavy atom. The van der Waals surface area contributed by atoms with Gasteiger partial charge in [0.1, 0.15) is 0 Å². The van der Waals surface area contributed by atoms with Crippen molar-refractivity contribution in [1.29, 1.82) is 0 Å². The fourth-order valence-electron chi connectivity index (χ4n) is 3.62. The summed E-state index contributed by atoms with van der Waals surface area (Å²) in [4.78, 5) is 23.8. The molecule has 31 heavy (non-hydrogen) atoms. The molecule has 1 heterocycles. The van der Waals surface area contributed by atoms with Gasteiger partial charge in [0.15, 0.2) is 0 Å². The summed E-state index contributed by atoms with van der Waals surface area (Å²) >= 11 is 0. The number of nitrogens with one attached hydrogen (secondary N) is 2. The first kappa shape index (κ1) is 23.0. The summed E-state index contributed by atoms with van der Waals surface area (Å²) in [6.45, 7) is 3.00. The normalized spacial score (nSPS) is 15.1. The first-order chi connectivity index (χ1) is 14.9. The van der Waals surface area contributed by atoms with E-state index in [1.165, 1.54) is 6.92 Å². The third kappa shape index (κ3) is 6.38. The Kier molecular flexibility index (Phi) is 7.81. The number of rotatable bonds is 7. The van der Waals surface area contributed by atoms with Crippen LogP contribution >= 0.6 is 0 Å². The van der Waals surface area contributed by atoms with Gasteiger partial charge in [0.05, 0.1) is 4.90 Å². The van der Waals surface area contributed by atoms with E-state index in [9.17, 15) is 18.0 Å². The van der Waals surface area contributed by atoms with Crippen LogP contribution in [0.1, 0.15) is 48.5 Å². The lowest BCUT2D eigenvalue weighted by molar-refractivity contribution is -0.114. The number of hydrogen-bond donors (Lipinski definition) is 2. The second-order valence-corrected chi connectivity index (χ2v) is 9.67. The lowest BCUT2D eigenvalue weighted by Gasteiger charge is -2.20. The number of nitrogens with zero attached hydrogens (tertiary/aromatic N) is 1. The van der Waals surface area contributed by atoms with E-state index in [-0.39, 0.29) is 11.8 Å². The molecule has 2 amide bonds. The molecule has 0 aromatic heterocycles. The van der Waals surface area contributed by atoms with Gasteiger partial charge in [-0.3, -0.25) is 9.59 Å². The maximum atomic E-state index is 12.8. The zero-order valence-electron chi connectivity index (χ0n) is 17.8. The monoisotopic (exact) mass is 443 g/mol. The molecule has 0 saturated carbocycles. The summed E-state index contributed by atoms with van der Waals surface area (Å²) in [5, 5.41) is 5.51. The van der Waals surface area contributed by atoms with E-state index in [1.807, 2.05) is 0 Å². The smallest absolute Gasteiger partial charge is 0.251 e.